The predicted octanol–water partition coefficient (Wildman–Crippen LogP) is 6.84. The van der Waals surface area contributed by atoms with Gasteiger partial charge in [0, 0.05) is 7.11 Å². The van der Waals surface area contributed by atoms with Crippen LogP contribution >= 0.6 is 0 Å². The quantitative estimate of drug-likeness (QED) is 0.145. The maximum Gasteiger partial charge on any atom is 0.166 e. The molecule has 0 bridgehead atoms. The maximum absolute atomic E-state index is 10.3. The molecule has 4 aromatic carbocycles. The zero-order valence-electron chi connectivity index (χ0n) is 25.7. The van der Waals surface area contributed by atoms with Gasteiger partial charge in [-0.2, -0.15) is 5.26 Å². The molecule has 0 radical (unpaired) electrons. The Morgan fingerprint density at radius 1 is 0.783 bits per heavy atom. The Labute approximate surface area is 269 Å². The highest BCUT2D eigenvalue weighted by Crippen LogP contribution is 2.35. The summed E-state index contributed by atoms with van der Waals surface area (Å²) in [5, 5.41) is 10.3. The molecule has 0 unspecified atom stereocenters. The molecule has 8 nitrogen and oxygen atoms in total. The minimum absolute atomic E-state index is 0.254. The molecule has 1 aliphatic heterocycles. The van der Waals surface area contributed by atoms with Crippen molar-refractivity contribution in [2.75, 3.05) is 13.7 Å². The molecule has 1 aliphatic rings. The number of imidazole rings is 1. The topological polar surface area (TPSA) is 98.6 Å². The lowest BCUT2D eigenvalue weighted by Crippen LogP contribution is -2.57. The molecule has 2 heterocycles. The van der Waals surface area contributed by atoms with E-state index in [1.165, 1.54) is 0 Å². The van der Waals surface area contributed by atoms with Crippen molar-refractivity contribution in [2.45, 2.75) is 44.4 Å². The third kappa shape index (κ3) is 7.77. The third-order valence-corrected chi connectivity index (χ3v) is 8.01. The fourth-order valence-electron chi connectivity index (χ4n) is 5.70. The Kier molecular flexibility index (Phi) is 10.6. The number of aromatic amines is 1. The molecule has 8 heteroatoms. The summed E-state index contributed by atoms with van der Waals surface area (Å²) < 4.78 is 32.1. The highest BCUT2D eigenvalue weighted by molar-refractivity contribution is 5.82. The molecule has 0 amide bonds. The number of hydrogen-bond acceptors (Lipinski definition) is 7. The molecule has 1 fully saturated rings. The van der Waals surface area contributed by atoms with Crippen molar-refractivity contribution < 1.29 is 23.7 Å². The van der Waals surface area contributed by atoms with E-state index in [-0.39, 0.29) is 6.61 Å². The second-order valence-corrected chi connectivity index (χ2v) is 11.2. The first-order chi connectivity index (χ1) is 22.7. The Hall–Kier alpha value is -4.62. The van der Waals surface area contributed by atoms with Gasteiger partial charge in [-0.3, -0.25) is 0 Å². The van der Waals surface area contributed by atoms with Crippen LogP contribution in [0, 0.1) is 17.2 Å². The van der Waals surface area contributed by atoms with Crippen LogP contribution in [-0.4, -0.2) is 48.3 Å². The van der Waals surface area contributed by atoms with Crippen LogP contribution in [0.2, 0.25) is 0 Å². The molecule has 1 aromatic heterocycles. The molecule has 0 saturated carbocycles. The number of aromatic nitrogens is 2. The summed E-state index contributed by atoms with van der Waals surface area (Å²) in [6, 6.07) is 40.0. The van der Waals surface area contributed by atoms with Gasteiger partial charge in [0.25, 0.3) is 0 Å². The van der Waals surface area contributed by atoms with E-state index in [0.29, 0.717) is 31.2 Å². The molecular weight excluding hydrogens is 578 g/mol. The molecule has 46 heavy (non-hydrogen) atoms. The molecule has 5 atom stereocenters. The number of methoxy groups -OCH3 is 1. The van der Waals surface area contributed by atoms with Crippen molar-refractivity contribution in [3.63, 3.8) is 0 Å². The smallest absolute Gasteiger partial charge is 0.166 e. The van der Waals surface area contributed by atoms with Crippen LogP contribution in [-0.2, 0) is 43.5 Å². The molecule has 234 valence electrons. The van der Waals surface area contributed by atoms with Gasteiger partial charge in [0.15, 0.2) is 6.29 Å². The number of nitriles is 1. The van der Waals surface area contributed by atoms with Gasteiger partial charge in [-0.1, -0.05) is 109 Å². The summed E-state index contributed by atoms with van der Waals surface area (Å²) in [7, 11) is 1.60. The van der Waals surface area contributed by atoms with E-state index in [1.807, 2.05) is 121 Å². The highest BCUT2D eigenvalue weighted by atomic mass is 16.7. The molecule has 1 saturated heterocycles. The van der Waals surface area contributed by atoms with Crippen LogP contribution in [0.25, 0.3) is 16.6 Å². The SMILES string of the molecule is CO[C@H]1O[C@H](COCc2ccccc2)[C@@H](OCc2ccccc2)[C@H](OCc2ccccc2)[C@H]1/C=C(\C#N)c1nc2ccccc2[nH]1. The van der Waals surface area contributed by atoms with E-state index in [9.17, 15) is 5.26 Å². The number of fused-ring (bicyclic) bond motifs is 1. The molecule has 0 aliphatic carbocycles. The van der Waals surface area contributed by atoms with Crippen LogP contribution in [0.15, 0.2) is 121 Å². The van der Waals surface area contributed by atoms with Gasteiger partial charge >= 0.3 is 0 Å². The van der Waals surface area contributed by atoms with E-state index in [4.69, 9.17) is 23.7 Å². The fraction of sp³-hybridized carbons (Fsp3) is 0.263. The minimum Gasteiger partial charge on any atom is -0.374 e. The minimum atomic E-state index is -0.740. The Morgan fingerprint density at radius 3 is 1.93 bits per heavy atom. The van der Waals surface area contributed by atoms with Gasteiger partial charge in [-0.15, -0.1) is 0 Å². The van der Waals surface area contributed by atoms with Crippen molar-refractivity contribution in [2.24, 2.45) is 5.92 Å². The highest BCUT2D eigenvalue weighted by Gasteiger charge is 2.47. The van der Waals surface area contributed by atoms with Crippen LogP contribution in [0.5, 0.6) is 0 Å². The van der Waals surface area contributed by atoms with E-state index >= 15 is 0 Å². The monoisotopic (exact) mass is 615 g/mol. The summed E-state index contributed by atoms with van der Waals surface area (Å²) in [6.07, 6.45) is -0.528. The largest absolute Gasteiger partial charge is 0.374 e. The Balaban J connectivity index is 1.34. The average molecular weight is 616 g/mol. The van der Waals surface area contributed by atoms with Crippen LogP contribution in [0.4, 0.5) is 0 Å². The van der Waals surface area contributed by atoms with Crippen molar-refractivity contribution in [3.05, 3.63) is 144 Å². The number of H-pyrrole nitrogens is 1. The van der Waals surface area contributed by atoms with Gasteiger partial charge in [-0.25, -0.2) is 4.98 Å². The summed E-state index contributed by atoms with van der Waals surface area (Å²) >= 11 is 0. The predicted molar refractivity (Wildman–Crippen MR) is 175 cm³/mol. The third-order valence-electron chi connectivity index (χ3n) is 8.01. The lowest BCUT2D eigenvalue weighted by molar-refractivity contribution is -0.290. The number of para-hydroxylation sites is 2. The zero-order valence-corrected chi connectivity index (χ0v) is 25.7. The fourth-order valence-corrected chi connectivity index (χ4v) is 5.70. The number of nitrogens with one attached hydrogen (secondary N) is 1. The second-order valence-electron chi connectivity index (χ2n) is 11.2. The molecule has 6 rings (SSSR count). The van der Waals surface area contributed by atoms with Crippen molar-refractivity contribution >= 4 is 16.6 Å². The summed E-state index contributed by atoms with van der Waals surface area (Å²) in [5.41, 5.74) is 5.08. The van der Waals surface area contributed by atoms with Crippen LogP contribution < -0.4 is 0 Å². The van der Waals surface area contributed by atoms with Gasteiger partial charge in [0.2, 0.25) is 0 Å². The number of ether oxygens (including phenoxy) is 5. The average Bonchev–Trinajstić information content (AvgIpc) is 3.55. The summed E-state index contributed by atoms with van der Waals surface area (Å²) in [5.74, 6) is -0.0434. The van der Waals surface area contributed by atoms with Crippen molar-refractivity contribution in [1.82, 2.24) is 9.97 Å². The number of rotatable bonds is 13. The first-order valence-electron chi connectivity index (χ1n) is 15.4. The van der Waals surface area contributed by atoms with Gasteiger partial charge < -0.3 is 28.7 Å². The first kappa shape index (κ1) is 31.4. The normalized spacial score (nSPS) is 21.7. The van der Waals surface area contributed by atoms with E-state index in [2.05, 4.69) is 16.0 Å². The van der Waals surface area contributed by atoms with Gasteiger partial charge in [-0.05, 0) is 28.8 Å². The second kappa shape index (κ2) is 15.6. The van der Waals surface area contributed by atoms with Crippen LogP contribution in [0.1, 0.15) is 22.5 Å². The molecular formula is C38H37N3O5. The standard InChI is InChI=1S/C38H37N3O5/c1-42-38-31(21-30(22-39)37-40-32-19-11-12-20-33(32)41-37)35(44-24-28-15-7-3-8-16-28)36(45-25-29-17-9-4-10-18-29)34(46-38)26-43-23-27-13-5-2-6-14-27/h2-21,31,34-36,38H,23-26H2,1H3,(H,40,41)/b30-21+/t31-,34-,35-,36-,38+/m1/s1. The summed E-state index contributed by atoms with van der Waals surface area (Å²) in [4.78, 5) is 7.95. The molecule has 5 aromatic rings. The van der Waals surface area contributed by atoms with Gasteiger partial charge in [0.05, 0.1) is 55.1 Å². The maximum atomic E-state index is 10.3. The van der Waals surface area contributed by atoms with E-state index in [1.54, 1.807) is 7.11 Å². The summed E-state index contributed by atoms with van der Waals surface area (Å²) in [6.45, 7) is 1.36. The van der Waals surface area contributed by atoms with Crippen molar-refractivity contribution in [3.8, 4) is 6.07 Å². The van der Waals surface area contributed by atoms with Crippen LogP contribution in [0.3, 0.4) is 0 Å². The molecule has 1 N–H and O–H groups in total. The van der Waals surface area contributed by atoms with E-state index < -0.39 is 30.5 Å². The van der Waals surface area contributed by atoms with Crippen molar-refractivity contribution in [1.29, 1.82) is 5.26 Å². The van der Waals surface area contributed by atoms with Gasteiger partial charge in [0.1, 0.15) is 24.1 Å². The number of nitrogens with zero attached hydrogens (tertiary/aromatic N) is 2. The lowest BCUT2D eigenvalue weighted by Gasteiger charge is -2.45. The molecule has 0 spiro atoms. The number of allylic oxidation sites excluding steroid dienone is 1. The van der Waals surface area contributed by atoms with E-state index in [0.717, 1.165) is 27.7 Å². The Bertz CT molecular complexity index is 1700. The Morgan fingerprint density at radius 2 is 1.35 bits per heavy atom. The first-order valence-corrected chi connectivity index (χ1v) is 15.4. The number of hydrogen-bond donors (Lipinski definition) is 1. The number of benzene rings is 4. The lowest BCUT2D eigenvalue weighted by atomic mass is 9.88. The zero-order chi connectivity index (χ0) is 31.6.